The maximum atomic E-state index is 13.1. The van der Waals surface area contributed by atoms with Crippen LogP contribution >= 0.6 is 0 Å². The van der Waals surface area contributed by atoms with Crippen molar-refractivity contribution in [3.8, 4) is 0 Å². The van der Waals surface area contributed by atoms with Crippen molar-refractivity contribution in [3.63, 3.8) is 0 Å². The highest BCUT2D eigenvalue weighted by Crippen LogP contribution is 2.28. The van der Waals surface area contributed by atoms with Gasteiger partial charge in [-0.25, -0.2) is 0 Å². The van der Waals surface area contributed by atoms with Crippen LogP contribution in [0.2, 0.25) is 0 Å². The van der Waals surface area contributed by atoms with Crippen LogP contribution in [0.3, 0.4) is 0 Å². The van der Waals surface area contributed by atoms with Gasteiger partial charge in [0.2, 0.25) is 11.8 Å². The lowest BCUT2D eigenvalue weighted by molar-refractivity contribution is -0.138. The van der Waals surface area contributed by atoms with Crippen LogP contribution in [0.4, 0.5) is 0 Å². The average Bonchev–Trinajstić information content (AvgIpc) is 3.08. The number of carbonyl (C=O) groups excluding carboxylic acids is 2. The third-order valence-corrected chi connectivity index (χ3v) is 5.69. The Kier molecular flexibility index (Phi) is 6.18. The van der Waals surface area contributed by atoms with E-state index in [9.17, 15) is 9.59 Å². The fraction of sp³-hybridized carbons (Fsp3) is 0.417. The number of hydrogen-bond acceptors (Lipinski definition) is 2. The number of nitrogens with zero attached hydrogens (tertiary/aromatic N) is 1. The molecule has 0 saturated carbocycles. The van der Waals surface area contributed by atoms with Gasteiger partial charge in [-0.2, -0.15) is 0 Å². The molecule has 2 aromatic rings. The second-order valence-electron chi connectivity index (χ2n) is 8.04. The summed E-state index contributed by atoms with van der Waals surface area (Å²) in [6.07, 6.45) is 1.57. The molecule has 1 aliphatic heterocycles. The Morgan fingerprint density at radius 1 is 0.929 bits per heavy atom. The van der Waals surface area contributed by atoms with Crippen molar-refractivity contribution in [2.75, 3.05) is 0 Å². The Morgan fingerprint density at radius 2 is 1.50 bits per heavy atom. The van der Waals surface area contributed by atoms with Crippen LogP contribution in [0.5, 0.6) is 0 Å². The molecule has 0 aromatic heterocycles. The van der Waals surface area contributed by atoms with E-state index in [1.165, 1.54) is 5.56 Å². The molecule has 1 fully saturated rings. The van der Waals surface area contributed by atoms with Crippen LogP contribution in [0.25, 0.3) is 0 Å². The first-order valence-electron chi connectivity index (χ1n) is 10.1. The average molecular weight is 379 g/mol. The lowest BCUT2D eigenvalue weighted by Gasteiger charge is -2.29. The Morgan fingerprint density at radius 3 is 2.07 bits per heavy atom. The van der Waals surface area contributed by atoms with E-state index in [0.717, 1.165) is 17.5 Å². The van der Waals surface area contributed by atoms with E-state index in [1.54, 1.807) is 11.8 Å². The van der Waals surface area contributed by atoms with Gasteiger partial charge in [-0.15, -0.1) is 0 Å². The minimum Gasteiger partial charge on any atom is -0.343 e. The van der Waals surface area contributed by atoms with E-state index in [4.69, 9.17) is 0 Å². The third kappa shape index (κ3) is 4.27. The molecule has 1 aliphatic rings. The minimum absolute atomic E-state index is 0.0392. The van der Waals surface area contributed by atoms with Gasteiger partial charge in [-0.3, -0.25) is 9.59 Å². The smallest absolute Gasteiger partial charge is 0.243 e. The lowest BCUT2D eigenvalue weighted by Crippen LogP contribution is -2.48. The zero-order valence-corrected chi connectivity index (χ0v) is 17.2. The third-order valence-electron chi connectivity index (χ3n) is 5.69. The zero-order chi connectivity index (χ0) is 20.3. The monoisotopic (exact) mass is 378 g/mol. The van der Waals surface area contributed by atoms with Gasteiger partial charge in [0.05, 0.1) is 6.04 Å². The van der Waals surface area contributed by atoms with Crippen molar-refractivity contribution in [2.45, 2.75) is 64.6 Å². The fourth-order valence-corrected chi connectivity index (χ4v) is 4.09. The predicted molar refractivity (Wildman–Crippen MR) is 112 cm³/mol. The van der Waals surface area contributed by atoms with Crippen molar-refractivity contribution in [3.05, 3.63) is 71.3 Å². The van der Waals surface area contributed by atoms with Crippen LogP contribution in [-0.4, -0.2) is 28.8 Å². The summed E-state index contributed by atoms with van der Waals surface area (Å²) in [6, 6.07) is 17.9. The first kappa shape index (κ1) is 20.1. The molecular weight excluding hydrogens is 348 g/mol. The van der Waals surface area contributed by atoms with Crippen LogP contribution in [-0.2, 0) is 9.59 Å². The number of likely N-dealkylation sites (tertiary alicyclic amines) is 1. The summed E-state index contributed by atoms with van der Waals surface area (Å²) >= 11 is 0. The Bertz CT molecular complexity index is 814. The first-order valence-corrected chi connectivity index (χ1v) is 10.1. The van der Waals surface area contributed by atoms with E-state index in [1.807, 2.05) is 37.3 Å². The summed E-state index contributed by atoms with van der Waals surface area (Å²) < 4.78 is 0. The normalized spacial score (nSPS) is 20.2. The number of hydrogen-bond donors (Lipinski definition) is 1. The maximum absolute atomic E-state index is 13.1. The van der Waals surface area contributed by atoms with E-state index in [2.05, 4.69) is 43.4 Å². The number of benzene rings is 2. The molecule has 28 heavy (non-hydrogen) atoms. The van der Waals surface area contributed by atoms with E-state index < -0.39 is 6.04 Å². The molecule has 0 spiro atoms. The highest BCUT2D eigenvalue weighted by molar-refractivity contribution is 5.88. The quantitative estimate of drug-likeness (QED) is 0.837. The largest absolute Gasteiger partial charge is 0.343 e. The van der Waals surface area contributed by atoms with Crippen LogP contribution in [0.15, 0.2) is 54.6 Å². The van der Waals surface area contributed by atoms with Crippen molar-refractivity contribution in [1.29, 1.82) is 0 Å². The predicted octanol–water partition coefficient (Wildman–Crippen LogP) is 4.42. The molecule has 0 bridgehead atoms. The Balaban J connectivity index is 1.88. The van der Waals surface area contributed by atoms with Gasteiger partial charge in [-0.1, -0.05) is 68.4 Å². The van der Waals surface area contributed by atoms with Crippen LogP contribution in [0, 0.1) is 0 Å². The number of nitrogens with one attached hydrogen (secondary N) is 1. The van der Waals surface area contributed by atoms with Gasteiger partial charge in [-0.05, 0) is 42.4 Å². The molecule has 148 valence electrons. The Hall–Kier alpha value is -2.62. The van der Waals surface area contributed by atoms with Crippen LogP contribution < -0.4 is 5.32 Å². The van der Waals surface area contributed by atoms with Crippen molar-refractivity contribution in [2.24, 2.45) is 0 Å². The van der Waals surface area contributed by atoms with Gasteiger partial charge < -0.3 is 10.2 Å². The molecule has 3 rings (SSSR count). The van der Waals surface area contributed by atoms with Gasteiger partial charge >= 0.3 is 0 Å². The minimum atomic E-state index is -0.395. The topological polar surface area (TPSA) is 49.4 Å². The first-order chi connectivity index (χ1) is 13.4. The number of amides is 2. The summed E-state index contributed by atoms with van der Waals surface area (Å²) in [5.41, 5.74) is 3.35. The van der Waals surface area contributed by atoms with Gasteiger partial charge in [0.25, 0.3) is 0 Å². The molecule has 3 atom stereocenters. The second kappa shape index (κ2) is 8.59. The van der Waals surface area contributed by atoms with Crippen molar-refractivity contribution >= 4 is 11.8 Å². The number of rotatable bonds is 5. The van der Waals surface area contributed by atoms with Gasteiger partial charge in [0, 0.05) is 13.0 Å². The molecule has 2 amide bonds. The summed E-state index contributed by atoms with van der Waals surface area (Å²) in [6.45, 7) is 7.89. The summed E-state index contributed by atoms with van der Waals surface area (Å²) in [5.74, 6) is 0.340. The lowest BCUT2D eigenvalue weighted by atomic mass is 9.95. The molecule has 1 saturated heterocycles. The fourth-order valence-electron chi connectivity index (χ4n) is 4.09. The molecule has 1 N–H and O–H groups in total. The summed E-state index contributed by atoms with van der Waals surface area (Å²) in [5, 5.41) is 3.21. The molecule has 0 radical (unpaired) electrons. The number of carbonyl (C=O) groups is 2. The molecule has 4 nitrogen and oxygen atoms in total. The van der Waals surface area contributed by atoms with E-state index in [-0.39, 0.29) is 23.9 Å². The summed E-state index contributed by atoms with van der Waals surface area (Å²) in [4.78, 5) is 26.9. The molecule has 1 heterocycles. The van der Waals surface area contributed by atoms with E-state index >= 15 is 0 Å². The molecule has 0 unspecified atom stereocenters. The standard InChI is InChI=1S/C24H30N2O2/c1-16(2)19-11-13-21(14-12-19)23(20-8-6-5-7-9-20)25-24(28)22-15-10-17(3)26(22)18(4)27/h5-9,11-14,16-17,22-23H,10,15H2,1-4H3,(H,25,28)/t17-,22-,23-/m0/s1. The molecule has 2 aromatic carbocycles. The van der Waals surface area contributed by atoms with Crippen molar-refractivity contribution < 1.29 is 9.59 Å². The van der Waals surface area contributed by atoms with Crippen LogP contribution in [0.1, 0.15) is 69.2 Å². The van der Waals surface area contributed by atoms with Gasteiger partial charge in [0.15, 0.2) is 0 Å². The second-order valence-corrected chi connectivity index (χ2v) is 8.04. The Labute approximate surface area is 167 Å². The maximum Gasteiger partial charge on any atom is 0.243 e. The molecule has 4 heteroatoms. The molecule has 0 aliphatic carbocycles. The van der Waals surface area contributed by atoms with Crippen molar-refractivity contribution in [1.82, 2.24) is 10.2 Å². The zero-order valence-electron chi connectivity index (χ0n) is 17.2. The highest BCUT2D eigenvalue weighted by Gasteiger charge is 2.38. The van der Waals surface area contributed by atoms with E-state index in [0.29, 0.717) is 12.3 Å². The SMILES string of the molecule is CC(=O)N1[C@@H](C)CC[C@H]1C(=O)N[C@@H](c1ccccc1)c1ccc(C(C)C)cc1. The van der Waals surface area contributed by atoms with Gasteiger partial charge in [0.1, 0.15) is 6.04 Å². The highest BCUT2D eigenvalue weighted by atomic mass is 16.2. The summed E-state index contributed by atoms with van der Waals surface area (Å²) in [7, 11) is 0. The molecular formula is C24H30N2O2.